The molecule has 7 aromatic carbocycles. The maximum absolute atomic E-state index is 5.11. The lowest BCUT2D eigenvalue weighted by Crippen LogP contribution is -2.01. The highest BCUT2D eigenvalue weighted by atomic mass is 15.0. The van der Waals surface area contributed by atoms with E-state index in [2.05, 4.69) is 59.6 Å². The van der Waals surface area contributed by atoms with Crippen LogP contribution in [-0.2, 0) is 0 Å². The van der Waals surface area contributed by atoms with Gasteiger partial charge in [-0.1, -0.05) is 170 Å². The van der Waals surface area contributed by atoms with Crippen molar-refractivity contribution in [1.82, 2.24) is 34.9 Å². The molecule has 282 valence electrons. The Hall–Kier alpha value is -8.29. The molecule has 7 nitrogen and oxygen atoms in total. The van der Waals surface area contributed by atoms with E-state index in [1.54, 1.807) is 0 Å². The topological polar surface area (TPSA) is 90.2 Å². The zero-order chi connectivity index (χ0) is 40.1. The summed E-state index contributed by atoms with van der Waals surface area (Å²) in [5.41, 5.74) is 11.5. The molecule has 0 atom stereocenters. The fourth-order valence-electron chi connectivity index (χ4n) is 7.37. The second kappa shape index (κ2) is 16.3. The van der Waals surface area contributed by atoms with Crippen LogP contribution in [0, 0.1) is 0 Å². The van der Waals surface area contributed by atoms with Gasteiger partial charge in [0.1, 0.15) is 0 Å². The highest BCUT2D eigenvalue weighted by Crippen LogP contribution is 2.40. The summed E-state index contributed by atoms with van der Waals surface area (Å²) in [7, 11) is 0. The lowest BCUT2D eigenvalue weighted by Gasteiger charge is -2.16. The van der Waals surface area contributed by atoms with Crippen molar-refractivity contribution in [3.63, 3.8) is 0 Å². The van der Waals surface area contributed by atoms with E-state index in [-0.39, 0.29) is 0 Å². The molecular weight excluding hydrogens is 735 g/mol. The van der Waals surface area contributed by atoms with E-state index in [9.17, 15) is 0 Å². The first kappa shape index (κ1) is 36.1. The molecule has 0 fully saturated rings. The van der Waals surface area contributed by atoms with E-state index in [1.165, 1.54) is 0 Å². The summed E-state index contributed by atoms with van der Waals surface area (Å²) in [4.78, 5) is 34.7. The summed E-state index contributed by atoms with van der Waals surface area (Å²) in [5, 5.41) is 0. The first-order valence-corrected chi connectivity index (χ1v) is 19.7. The highest BCUT2D eigenvalue weighted by molar-refractivity contribution is 5.90. The van der Waals surface area contributed by atoms with Crippen LogP contribution >= 0.6 is 0 Å². The van der Waals surface area contributed by atoms with Gasteiger partial charge in [-0.2, -0.15) is 0 Å². The van der Waals surface area contributed by atoms with Gasteiger partial charge in [0.15, 0.2) is 34.9 Å². The lowest BCUT2D eigenvalue weighted by atomic mass is 9.90. The largest absolute Gasteiger partial charge is 0.265 e. The van der Waals surface area contributed by atoms with Gasteiger partial charge in [0.25, 0.3) is 0 Å². The first-order valence-electron chi connectivity index (χ1n) is 19.7. The number of rotatable bonds is 9. The molecule has 0 radical (unpaired) electrons. The van der Waals surface area contributed by atoms with Gasteiger partial charge in [-0.15, -0.1) is 0 Å². The smallest absolute Gasteiger partial charge is 0.164 e. The van der Waals surface area contributed by atoms with Crippen LogP contribution in [0.3, 0.4) is 0 Å². The van der Waals surface area contributed by atoms with Crippen molar-refractivity contribution in [1.29, 1.82) is 0 Å². The molecule has 0 bridgehead atoms. The van der Waals surface area contributed by atoms with E-state index in [0.717, 1.165) is 66.8 Å². The Kier molecular flexibility index (Phi) is 9.79. The maximum Gasteiger partial charge on any atom is 0.164 e. The fraction of sp³-hybridized carbons (Fsp3) is 0. The maximum atomic E-state index is 5.11. The summed E-state index contributed by atoms with van der Waals surface area (Å²) in [6.07, 6.45) is 3.65. The summed E-state index contributed by atoms with van der Waals surface area (Å²) in [5.74, 6) is 3.60. The molecule has 0 aliphatic carbocycles. The van der Waals surface area contributed by atoms with Gasteiger partial charge in [0.05, 0.1) is 0 Å². The van der Waals surface area contributed by atoms with Gasteiger partial charge in [-0.05, 0) is 63.7 Å². The highest BCUT2D eigenvalue weighted by Gasteiger charge is 2.20. The Morgan fingerprint density at radius 2 is 0.483 bits per heavy atom. The molecule has 0 unspecified atom stereocenters. The van der Waals surface area contributed by atoms with Crippen molar-refractivity contribution >= 4 is 0 Å². The van der Waals surface area contributed by atoms with Gasteiger partial charge >= 0.3 is 0 Å². The van der Waals surface area contributed by atoms with Crippen LogP contribution in [-0.4, -0.2) is 34.9 Å². The van der Waals surface area contributed by atoms with Gasteiger partial charge in [-0.3, -0.25) is 4.98 Å². The predicted octanol–water partition coefficient (Wildman–Crippen LogP) is 12.5. The van der Waals surface area contributed by atoms with E-state index in [0.29, 0.717) is 34.9 Å². The average molecular weight is 770 g/mol. The van der Waals surface area contributed by atoms with Crippen LogP contribution in [0.15, 0.2) is 213 Å². The first-order chi connectivity index (χ1) is 29.7. The van der Waals surface area contributed by atoms with Gasteiger partial charge in [0.2, 0.25) is 0 Å². The van der Waals surface area contributed by atoms with Gasteiger partial charge in [0, 0.05) is 45.8 Å². The summed E-state index contributed by atoms with van der Waals surface area (Å²) < 4.78 is 0. The minimum atomic E-state index is 0.585. The summed E-state index contributed by atoms with van der Waals surface area (Å²) in [6, 6.07) is 67.6. The van der Waals surface area contributed by atoms with Crippen molar-refractivity contribution in [3.8, 4) is 102 Å². The molecule has 0 saturated heterocycles. The molecule has 3 aromatic heterocycles. The average Bonchev–Trinajstić information content (AvgIpc) is 3.35. The Morgan fingerprint density at radius 1 is 0.200 bits per heavy atom. The van der Waals surface area contributed by atoms with Crippen LogP contribution in [0.2, 0.25) is 0 Å². The van der Waals surface area contributed by atoms with E-state index >= 15 is 0 Å². The Bertz CT molecular complexity index is 2770. The standard InChI is InChI=1S/C53H35N7/c1-5-17-37(18-6-1)48-55-49(38-19-7-2-8-20-38)58-52(57-48)46-27-15-13-25-44(46)42-33-41(36-29-31-54-32-30-36)34-43(35-42)45-26-14-16-28-47(45)53-59-50(39-21-9-3-10-22-39)56-51(60-53)40-23-11-4-12-24-40/h1-35H. The van der Waals surface area contributed by atoms with Gasteiger partial charge in [-0.25, -0.2) is 29.9 Å². The second-order valence-electron chi connectivity index (χ2n) is 14.2. The summed E-state index contributed by atoms with van der Waals surface area (Å²) in [6.45, 7) is 0. The molecule has 0 aliphatic heterocycles. The minimum absolute atomic E-state index is 0.585. The van der Waals surface area contributed by atoms with Crippen molar-refractivity contribution in [2.45, 2.75) is 0 Å². The van der Waals surface area contributed by atoms with Crippen LogP contribution < -0.4 is 0 Å². The van der Waals surface area contributed by atoms with Crippen molar-refractivity contribution in [2.75, 3.05) is 0 Å². The molecule has 3 heterocycles. The van der Waals surface area contributed by atoms with Crippen LogP contribution in [0.5, 0.6) is 0 Å². The number of nitrogens with zero attached hydrogens (tertiary/aromatic N) is 7. The molecular formula is C53H35N7. The molecule has 0 aliphatic rings. The zero-order valence-electron chi connectivity index (χ0n) is 32.3. The zero-order valence-corrected chi connectivity index (χ0v) is 32.3. The normalized spacial score (nSPS) is 11.0. The third-order valence-corrected chi connectivity index (χ3v) is 10.3. The molecule has 7 heteroatoms. The Balaban J connectivity index is 1.17. The monoisotopic (exact) mass is 769 g/mol. The molecule has 10 aromatic rings. The Morgan fingerprint density at radius 3 is 0.833 bits per heavy atom. The van der Waals surface area contributed by atoms with Crippen LogP contribution in [0.1, 0.15) is 0 Å². The lowest BCUT2D eigenvalue weighted by molar-refractivity contribution is 1.07. The molecule has 60 heavy (non-hydrogen) atoms. The van der Waals surface area contributed by atoms with Crippen molar-refractivity contribution < 1.29 is 0 Å². The summed E-state index contributed by atoms with van der Waals surface area (Å²) >= 11 is 0. The number of benzene rings is 7. The van der Waals surface area contributed by atoms with Crippen molar-refractivity contribution in [3.05, 3.63) is 213 Å². The van der Waals surface area contributed by atoms with E-state index in [4.69, 9.17) is 29.9 Å². The van der Waals surface area contributed by atoms with Gasteiger partial charge < -0.3 is 0 Å². The number of aromatic nitrogens is 7. The van der Waals surface area contributed by atoms with Crippen molar-refractivity contribution in [2.24, 2.45) is 0 Å². The fourth-order valence-corrected chi connectivity index (χ4v) is 7.37. The number of pyridine rings is 1. The molecule has 0 spiro atoms. The van der Waals surface area contributed by atoms with E-state index in [1.807, 2.05) is 158 Å². The predicted molar refractivity (Wildman–Crippen MR) is 240 cm³/mol. The Labute approximate surface area is 347 Å². The minimum Gasteiger partial charge on any atom is -0.265 e. The molecule has 0 saturated carbocycles. The third kappa shape index (κ3) is 7.46. The molecule has 0 amide bonds. The van der Waals surface area contributed by atoms with E-state index < -0.39 is 0 Å². The SMILES string of the molecule is c1ccc(-c2nc(-c3ccccc3)nc(-c3ccccc3-c3cc(-c4ccncc4)cc(-c4ccccc4-c4nc(-c5ccccc5)nc(-c5ccccc5)n4)c3)n2)cc1. The second-order valence-corrected chi connectivity index (χ2v) is 14.2. The van der Waals surface area contributed by atoms with Crippen LogP contribution in [0.4, 0.5) is 0 Å². The number of hydrogen-bond acceptors (Lipinski definition) is 7. The quantitative estimate of drug-likeness (QED) is 0.144. The van der Waals surface area contributed by atoms with Crippen LogP contribution in [0.25, 0.3) is 102 Å². The molecule has 0 N–H and O–H groups in total. The molecule has 10 rings (SSSR count). The number of hydrogen-bond donors (Lipinski definition) is 0. The third-order valence-electron chi connectivity index (χ3n) is 10.3.